The van der Waals surface area contributed by atoms with Gasteiger partial charge in [0, 0.05) is 18.7 Å². The molecule has 1 N–H and O–H groups in total. The minimum absolute atomic E-state index is 0.0113. The Bertz CT molecular complexity index is 1150. The molecule has 3 aromatic carbocycles. The molecule has 0 saturated heterocycles. The van der Waals surface area contributed by atoms with E-state index in [1.54, 1.807) is 24.3 Å². The molecule has 3 aromatic rings. The molecule has 0 fully saturated rings. The van der Waals surface area contributed by atoms with Gasteiger partial charge in [-0.2, -0.15) is 0 Å². The summed E-state index contributed by atoms with van der Waals surface area (Å²) in [5.41, 5.74) is 2.07. The maximum Gasteiger partial charge on any atom is 0.264 e. The smallest absolute Gasteiger partial charge is 0.264 e. The van der Waals surface area contributed by atoms with E-state index in [1.165, 1.54) is 48.3 Å². The molecule has 3 rings (SSSR count). The molecule has 0 spiro atoms. The molecule has 0 aromatic heterocycles. The predicted octanol–water partition coefficient (Wildman–Crippen LogP) is 4.27. The summed E-state index contributed by atoms with van der Waals surface area (Å²) in [5, 5.41) is 2.97. The Hall–Kier alpha value is -3.32. The van der Waals surface area contributed by atoms with E-state index in [1.807, 2.05) is 25.1 Å². The lowest BCUT2D eigenvalue weighted by molar-refractivity contribution is 0.0938. The standard InChI is InChI=1S/C25H28N2O4S/c1-19(13-14-20-9-5-4-6-10-20)26-25(28)21-15-17-22(18-16-21)32(29,30)27(2)23-11-7-8-12-24(23)31-3/h4-12,15-19H,13-14H2,1-3H3,(H,26,28)/t19-/m1/s1. The number of hydrogen-bond acceptors (Lipinski definition) is 4. The summed E-state index contributed by atoms with van der Waals surface area (Å²) < 4.78 is 32.5. The van der Waals surface area contributed by atoms with Crippen LogP contribution in [0, 0.1) is 0 Å². The molecular formula is C25H28N2O4S. The van der Waals surface area contributed by atoms with Gasteiger partial charge in [0.2, 0.25) is 0 Å². The number of carbonyl (C=O) groups excluding carboxylic acids is 1. The Balaban J connectivity index is 1.66. The monoisotopic (exact) mass is 452 g/mol. The number of nitrogens with one attached hydrogen (secondary N) is 1. The van der Waals surface area contributed by atoms with Crippen LogP contribution in [-0.4, -0.2) is 34.5 Å². The first-order valence-corrected chi connectivity index (χ1v) is 11.8. The van der Waals surface area contributed by atoms with Crippen LogP contribution in [0.15, 0.2) is 83.8 Å². The van der Waals surface area contributed by atoms with E-state index < -0.39 is 10.0 Å². The summed E-state index contributed by atoms with van der Waals surface area (Å²) >= 11 is 0. The highest BCUT2D eigenvalue weighted by molar-refractivity contribution is 7.92. The van der Waals surface area contributed by atoms with Crippen LogP contribution in [0.4, 0.5) is 5.69 Å². The van der Waals surface area contributed by atoms with Crippen molar-refractivity contribution >= 4 is 21.6 Å². The number of hydrogen-bond donors (Lipinski definition) is 1. The minimum atomic E-state index is -3.81. The number of sulfonamides is 1. The maximum absolute atomic E-state index is 13.0. The van der Waals surface area contributed by atoms with E-state index in [0.29, 0.717) is 17.0 Å². The van der Waals surface area contributed by atoms with Crippen LogP contribution >= 0.6 is 0 Å². The Morgan fingerprint density at radius 1 is 0.969 bits per heavy atom. The number of ether oxygens (including phenoxy) is 1. The van der Waals surface area contributed by atoms with Crippen molar-refractivity contribution in [2.45, 2.75) is 30.7 Å². The van der Waals surface area contributed by atoms with Crippen molar-refractivity contribution in [3.8, 4) is 5.75 Å². The third-order valence-corrected chi connectivity index (χ3v) is 7.07. The van der Waals surface area contributed by atoms with E-state index in [-0.39, 0.29) is 16.8 Å². The third kappa shape index (κ3) is 5.48. The molecule has 0 bridgehead atoms. The van der Waals surface area contributed by atoms with Crippen molar-refractivity contribution in [1.82, 2.24) is 5.32 Å². The van der Waals surface area contributed by atoms with Crippen LogP contribution in [0.3, 0.4) is 0 Å². The quantitative estimate of drug-likeness (QED) is 0.526. The first-order valence-electron chi connectivity index (χ1n) is 10.4. The molecule has 0 heterocycles. The number of benzene rings is 3. The molecule has 0 aliphatic rings. The van der Waals surface area contributed by atoms with Crippen LogP contribution < -0.4 is 14.4 Å². The average Bonchev–Trinajstić information content (AvgIpc) is 2.83. The average molecular weight is 453 g/mol. The fraction of sp³-hybridized carbons (Fsp3) is 0.240. The van der Waals surface area contributed by atoms with Gasteiger partial charge < -0.3 is 10.1 Å². The van der Waals surface area contributed by atoms with E-state index in [4.69, 9.17) is 4.74 Å². The molecule has 0 saturated carbocycles. The highest BCUT2D eigenvalue weighted by Gasteiger charge is 2.24. The second kappa shape index (κ2) is 10.3. The van der Waals surface area contributed by atoms with E-state index in [0.717, 1.165) is 12.8 Å². The highest BCUT2D eigenvalue weighted by atomic mass is 32.2. The summed E-state index contributed by atoms with van der Waals surface area (Å²) in [5.74, 6) is 0.228. The second-order valence-corrected chi connectivity index (χ2v) is 9.54. The van der Waals surface area contributed by atoms with E-state index >= 15 is 0 Å². The van der Waals surface area contributed by atoms with Crippen LogP contribution in [0.1, 0.15) is 29.3 Å². The molecule has 7 heteroatoms. The van der Waals surface area contributed by atoms with Gasteiger partial charge in [0.05, 0.1) is 17.7 Å². The van der Waals surface area contributed by atoms with Crippen molar-refractivity contribution in [2.75, 3.05) is 18.5 Å². The minimum Gasteiger partial charge on any atom is -0.495 e. The lowest BCUT2D eigenvalue weighted by atomic mass is 10.1. The number of nitrogens with zero attached hydrogens (tertiary/aromatic N) is 1. The highest BCUT2D eigenvalue weighted by Crippen LogP contribution is 2.30. The molecular weight excluding hydrogens is 424 g/mol. The summed E-state index contributed by atoms with van der Waals surface area (Å²) in [6.07, 6.45) is 1.68. The topological polar surface area (TPSA) is 75.7 Å². The summed E-state index contributed by atoms with van der Waals surface area (Å²) in [6, 6.07) is 23.0. The van der Waals surface area contributed by atoms with Crippen LogP contribution in [-0.2, 0) is 16.4 Å². The van der Waals surface area contributed by atoms with Crippen molar-refractivity contribution in [3.05, 3.63) is 90.0 Å². The zero-order chi connectivity index (χ0) is 23.1. The first-order chi connectivity index (χ1) is 15.3. The van der Waals surface area contributed by atoms with Gasteiger partial charge in [-0.05, 0) is 61.7 Å². The molecule has 32 heavy (non-hydrogen) atoms. The fourth-order valence-corrected chi connectivity index (χ4v) is 4.57. The van der Waals surface area contributed by atoms with Gasteiger partial charge in [-0.15, -0.1) is 0 Å². The van der Waals surface area contributed by atoms with Crippen LogP contribution in [0.2, 0.25) is 0 Å². The molecule has 1 amide bonds. The third-order valence-electron chi connectivity index (χ3n) is 5.29. The zero-order valence-corrected chi connectivity index (χ0v) is 19.3. The van der Waals surface area contributed by atoms with Crippen molar-refractivity contribution < 1.29 is 17.9 Å². The van der Waals surface area contributed by atoms with Gasteiger partial charge in [0.15, 0.2) is 0 Å². The van der Waals surface area contributed by atoms with Gasteiger partial charge in [0.25, 0.3) is 15.9 Å². The van der Waals surface area contributed by atoms with E-state index in [2.05, 4.69) is 17.4 Å². The van der Waals surface area contributed by atoms with Gasteiger partial charge >= 0.3 is 0 Å². The van der Waals surface area contributed by atoms with Gasteiger partial charge in [-0.25, -0.2) is 8.42 Å². The molecule has 0 aliphatic carbocycles. The molecule has 6 nitrogen and oxygen atoms in total. The van der Waals surface area contributed by atoms with Gasteiger partial charge in [0.1, 0.15) is 5.75 Å². The Labute approximate surface area is 189 Å². The molecule has 168 valence electrons. The van der Waals surface area contributed by atoms with Crippen molar-refractivity contribution in [1.29, 1.82) is 0 Å². The number of rotatable bonds is 9. The van der Waals surface area contributed by atoms with E-state index in [9.17, 15) is 13.2 Å². The lowest BCUT2D eigenvalue weighted by Gasteiger charge is -2.21. The van der Waals surface area contributed by atoms with Crippen molar-refractivity contribution in [2.24, 2.45) is 0 Å². The van der Waals surface area contributed by atoms with Crippen LogP contribution in [0.5, 0.6) is 5.75 Å². The molecule has 0 aliphatic heterocycles. The Kier molecular flexibility index (Phi) is 7.53. The fourth-order valence-electron chi connectivity index (χ4n) is 3.36. The summed E-state index contributed by atoms with van der Waals surface area (Å²) in [4.78, 5) is 12.7. The Morgan fingerprint density at radius 3 is 2.25 bits per heavy atom. The number of methoxy groups -OCH3 is 1. The molecule has 0 unspecified atom stereocenters. The van der Waals surface area contributed by atoms with Gasteiger partial charge in [-0.3, -0.25) is 9.10 Å². The largest absolute Gasteiger partial charge is 0.495 e. The number of amides is 1. The number of aryl methyl sites for hydroxylation is 1. The summed E-state index contributed by atoms with van der Waals surface area (Å²) in [6.45, 7) is 1.96. The summed E-state index contributed by atoms with van der Waals surface area (Å²) in [7, 11) is -0.840. The first kappa shape index (κ1) is 23.3. The zero-order valence-electron chi connectivity index (χ0n) is 18.5. The van der Waals surface area contributed by atoms with Crippen LogP contribution in [0.25, 0.3) is 0 Å². The normalized spacial score (nSPS) is 12.1. The number of anilines is 1. The number of carbonyl (C=O) groups is 1. The van der Waals surface area contributed by atoms with Crippen molar-refractivity contribution in [3.63, 3.8) is 0 Å². The SMILES string of the molecule is COc1ccccc1N(C)S(=O)(=O)c1ccc(C(=O)N[C@H](C)CCc2ccccc2)cc1. The number of para-hydroxylation sites is 2. The maximum atomic E-state index is 13.0. The molecule has 0 radical (unpaired) electrons. The predicted molar refractivity (Wildman–Crippen MR) is 127 cm³/mol. The second-order valence-electron chi connectivity index (χ2n) is 7.57. The molecule has 1 atom stereocenters. The Morgan fingerprint density at radius 2 is 1.59 bits per heavy atom. The lowest BCUT2D eigenvalue weighted by Crippen LogP contribution is -2.33. The van der Waals surface area contributed by atoms with Gasteiger partial charge in [-0.1, -0.05) is 42.5 Å².